The summed E-state index contributed by atoms with van der Waals surface area (Å²) in [6.07, 6.45) is -2.75. The molecule has 0 spiro atoms. The molecule has 0 aliphatic rings. The summed E-state index contributed by atoms with van der Waals surface area (Å²) < 4.78 is 25.2. The Labute approximate surface area is 106 Å². The number of hydrogen-bond donors (Lipinski definition) is 1. The molecule has 0 bridgehead atoms. The van der Waals surface area contributed by atoms with Crippen LogP contribution in [0.4, 0.5) is 14.6 Å². The Hall–Kier alpha value is -1.20. The summed E-state index contributed by atoms with van der Waals surface area (Å²) >= 11 is 11.8. The molecule has 1 aromatic heterocycles. The van der Waals surface area contributed by atoms with Crippen molar-refractivity contribution < 1.29 is 8.78 Å². The Kier molecular flexibility index (Phi) is 3.31. The number of fused-ring (bicyclic) bond motifs is 1. The van der Waals surface area contributed by atoms with Crippen molar-refractivity contribution in [1.82, 2.24) is 9.97 Å². The maximum Gasteiger partial charge on any atom is 0.297 e. The minimum atomic E-state index is -2.75. The predicted octanol–water partition coefficient (Wildman–Crippen LogP) is 3.92. The molecule has 2 aromatic rings. The van der Waals surface area contributed by atoms with Gasteiger partial charge in [0.15, 0.2) is 5.82 Å². The molecule has 90 valence electrons. The summed E-state index contributed by atoms with van der Waals surface area (Å²) in [5, 5.41) is 3.84. The Morgan fingerprint density at radius 1 is 1.24 bits per heavy atom. The number of nitrogens with one attached hydrogen (secondary N) is 1. The van der Waals surface area contributed by atoms with E-state index in [0.717, 1.165) is 0 Å². The van der Waals surface area contributed by atoms with Gasteiger partial charge in [-0.2, -0.15) is 0 Å². The zero-order valence-corrected chi connectivity index (χ0v) is 10.2. The van der Waals surface area contributed by atoms with Crippen molar-refractivity contribution in [3.8, 4) is 0 Å². The molecule has 0 aliphatic heterocycles. The molecule has 0 saturated heterocycles. The average Bonchev–Trinajstić information content (AvgIpc) is 2.27. The summed E-state index contributed by atoms with van der Waals surface area (Å²) in [4.78, 5) is 7.44. The van der Waals surface area contributed by atoms with Crippen molar-refractivity contribution in [2.45, 2.75) is 6.43 Å². The number of hydrogen-bond acceptors (Lipinski definition) is 3. The molecule has 0 amide bonds. The van der Waals surface area contributed by atoms with E-state index in [4.69, 9.17) is 23.2 Å². The Bertz CT molecular complexity index is 575. The molecule has 0 unspecified atom stereocenters. The lowest BCUT2D eigenvalue weighted by Gasteiger charge is -2.09. The van der Waals surface area contributed by atoms with Crippen molar-refractivity contribution in [1.29, 1.82) is 0 Å². The van der Waals surface area contributed by atoms with Gasteiger partial charge >= 0.3 is 0 Å². The second-order valence-electron chi connectivity index (χ2n) is 3.26. The predicted molar refractivity (Wildman–Crippen MR) is 64.1 cm³/mol. The van der Waals surface area contributed by atoms with E-state index in [2.05, 4.69) is 15.3 Å². The van der Waals surface area contributed by atoms with Gasteiger partial charge in [0.2, 0.25) is 0 Å². The van der Waals surface area contributed by atoms with Crippen LogP contribution < -0.4 is 5.32 Å². The lowest BCUT2D eigenvalue weighted by Crippen LogP contribution is -2.02. The van der Waals surface area contributed by atoms with E-state index in [1.165, 1.54) is 6.07 Å². The fourth-order valence-corrected chi connectivity index (χ4v) is 2.00. The van der Waals surface area contributed by atoms with Crippen molar-refractivity contribution in [3.05, 3.63) is 28.0 Å². The monoisotopic (exact) mass is 277 g/mol. The molecular weight excluding hydrogens is 271 g/mol. The molecule has 2 rings (SSSR count). The molecule has 3 nitrogen and oxygen atoms in total. The van der Waals surface area contributed by atoms with Crippen LogP contribution in [0, 0.1) is 0 Å². The highest BCUT2D eigenvalue weighted by Gasteiger charge is 2.16. The van der Waals surface area contributed by atoms with Crippen molar-refractivity contribution in [2.24, 2.45) is 0 Å². The molecular formula is C10H7Cl2F2N3. The lowest BCUT2D eigenvalue weighted by molar-refractivity contribution is 0.141. The molecule has 1 aromatic carbocycles. The topological polar surface area (TPSA) is 37.8 Å². The van der Waals surface area contributed by atoms with E-state index in [0.29, 0.717) is 10.4 Å². The summed E-state index contributed by atoms with van der Waals surface area (Å²) in [5.41, 5.74) is 0.255. The van der Waals surface area contributed by atoms with Crippen molar-refractivity contribution >= 4 is 39.9 Å². The quantitative estimate of drug-likeness (QED) is 0.904. The normalized spacial score (nSPS) is 11.2. The van der Waals surface area contributed by atoms with Gasteiger partial charge in [-0.05, 0) is 12.1 Å². The fraction of sp³-hybridized carbons (Fsp3) is 0.200. The van der Waals surface area contributed by atoms with Crippen LogP contribution in [0.15, 0.2) is 12.1 Å². The maximum absolute atomic E-state index is 12.6. The first-order valence-electron chi connectivity index (χ1n) is 4.65. The molecule has 0 aliphatic carbocycles. The zero-order chi connectivity index (χ0) is 12.6. The molecule has 0 atom stereocenters. The third-order valence-corrected chi connectivity index (χ3v) is 2.67. The standard InChI is InChI=1S/C10H7Cl2F2N3/c1-15-9-5-2-4(11)3-6(12)7(5)16-10(17-9)8(13)14/h2-3,8H,1H3,(H,15,16,17). The summed E-state index contributed by atoms with van der Waals surface area (Å²) in [6.45, 7) is 0. The van der Waals surface area contributed by atoms with Gasteiger partial charge in [0, 0.05) is 17.5 Å². The van der Waals surface area contributed by atoms with Crippen LogP contribution in [0.1, 0.15) is 12.2 Å². The van der Waals surface area contributed by atoms with Crippen LogP contribution in [-0.4, -0.2) is 17.0 Å². The minimum Gasteiger partial charge on any atom is -0.373 e. The first-order valence-corrected chi connectivity index (χ1v) is 5.41. The van der Waals surface area contributed by atoms with Crippen LogP contribution in [0.25, 0.3) is 10.9 Å². The highest BCUT2D eigenvalue weighted by molar-refractivity contribution is 6.38. The van der Waals surface area contributed by atoms with Crippen LogP contribution in [-0.2, 0) is 0 Å². The molecule has 0 fully saturated rings. The largest absolute Gasteiger partial charge is 0.373 e. The van der Waals surface area contributed by atoms with Gasteiger partial charge in [0.25, 0.3) is 6.43 Å². The summed E-state index contributed by atoms with van der Waals surface area (Å²) in [7, 11) is 1.58. The summed E-state index contributed by atoms with van der Waals surface area (Å²) in [5.74, 6) is -0.291. The van der Waals surface area contributed by atoms with Gasteiger partial charge in [-0.3, -0.25) is 0 Å². The number of anilines is 1. The van der Waals surface area contributed by atoms with Gasteiger partial charge in [-0.25, -0.2) is 18.7 Å². The smallest absolute Gasteiger partial charge is 0.297 e. The zero-order valence-electron chi connectivity index (χ0n) is 8.64. The number of benzene rings is 1. The molecule has 0 saturated carbocycles. The minimum absolute atomic E-state index is 0.216. The van der Waals surface area contributed by atoms with E-state index >= 15 is 0 Å². The Balaban J connectivity index is 2.82. The van der Waals surface area contributed by atoms with Gasteiger partial charge in [0.05, 0.1) is 10.5 Å². The maximum atomic E-state index is 12.6. The van der Waals surface area contributed by atoms with Gasteiger partial charge < -0.3 is 5.32 Å². The van der Waals surface area contributed by atoms with Gasteiger partial charge in [-0.1, -0.05) is 23.2 Å². The van der Waals surface area contributed by atoms with E-state index in [1.807, 2.05) is 0 Å². The van der Waals surface area contributed by atoms with Crippen molar-refractivity contribution in [2.75, 3.05) is 12.4 Å². The van der Waals surface area contributed by atoms with Gasteiger partial charge in [0.1, 0.15) is 5.82 Å². The fourth-order valence-electron chi connectivity index (χ4n) is 1.46. The highest BCUT2D eigenvalue weighted by atomic mass is 35.5. The third-order valence-electron chi connectivity index (χ3n) is 2.17. The van der Waals surface area contributed by atoms with Crippen LogP contribution in [0.5, 0.6) is 0 Å². The van der Waals surface area contributed by atoms with Crippen molar-refractivity contribution in [3.63, 3.8) is 0 Å². The molecule has 1 heterocycles. The van der Waals surface area contributed by atoms with Crippen LogP contribution in [0.2, 0.25) is 10.0 Å². The summed E-state index contributed by atoms with van der Waals surface area (Å²) in [6, 6.07) is 3.02. The van der Waals surface area contributed by atoms with E-state index in [-0.39, 0.29) is 16.4 Å². The second-order valence-corrected chi connectivity index (χ2v) is 4.11. The number of aromatic nitrogens is 2. The Morgan fingerprint density at radius 3 is 2.53 bits per heavy atom. The van der Waals surface area contributed by atoms with E-state index in [9.17, 15) is 8.78 Å². The number of rotatable bonds is 2. The molecule has 0 radical (unpaired) electrons. The first-order chi connectivity index (χ1) is 8.02. The molecule has 17 heavy (non-hydrogen) atoms. The number of halogens is 4. The first kappa shape index (κ1) is 12.3. The van der Waals surface area contributed by atoms with Gasteiger partial charge in [-0.15, -0.1) is 0 Å². The highest BCUT2D eigenvalue weighted by Crippen LogP contribution is 2.31. The van der Waals surface area contributed by atoms with E-state index < -0.39 is 12.2 Å². The average molecular weight is 278 g/mol. The molecule has 7 heteroatoms. The Morgan fingerprint density at radius 2 is 1.94 bits per heavy atom. The second kappa shape index (κ2) is 4.58. The third kappa shape index (κ3) is 2.25. The molecule has 1 N–H and O–H groups in total. The number of nitrogens with zero attached hydrogens (tertiary/aromatic N) is 2. The van der Waals surface area contributed by atoms with E-state index in [1.54, 1.807) is 13.1 Å². The lowest BCUT2D eigenvalue weighted by atomic mass is 10.2. The van der Waals surface area contributed by atoms with Crippen LogP contribution in [0.3, 0.4) is 0 Å². The van der Waals surface area contributed by atoms with Crippen LogP contribution >= 0.6 is 23.2 Å². The SMILES string of the molecule is CNc1nc(C(F)F)nc2c(Cl)cc(Cl)cc12. The number of alkyl halides is 2.